The van der Waals surface area contributed by atoms with Crippen molar-refractivity contribution in [3.63, 3.8) is 0 Å². The van der Waals surface area contributed by atoms with E-state index >= 15 is 0 Å². The standard InChI is InChI=1S/C29H32N4O4S/c1-2-3-16-33(21-24-11-8-19-37-24)26-14-13-23(20-25(26)29(34)32-17-4-5-18-32)31-38(35,36)27-12-6-9-22-10-7-15-30-28(22)27/h6-15,19-20,31H,2-5,16-18,21H2,1H3. The van der Waals surface area contributed by atoms with Gasteiger partial charge >= 0.3 is 0 Å². The van der Waals surface area contributed by atoms with Gasteiger partial charge in [-0.25, -0.2) is 8.42 Å². The number of nitrogens with zero attached hydrogens (tertiary/aromatic N) is 3. The summed E-state index contributed by atoms with van der Waals surface area (Å²) in [5, 5.41) is 0.736. The number of furan rings is 1. The van der Waals surface area contributed by atoms with Crippen molar-refractivity contribution in [3.05, 3.63) is 84.4 Å². The molecule has 0 aliphatic carbocycles. The number of carbonyl (C=O) groups is 1. The Labute approximate surface area is 223 Å². The molecule has 2 aromatic heterocycles. The zero-order valence-corrected chi connectivity index (χ0v) is 22.3. The second-order valence-corrected chi connectivity index (χ2v) is 11.2. The first kappa shape index (κ1) is 25.8. The number of hydrogen-bond donors (Lipinski definition) is 1. The molecule has 9 heteroatoms. The lowest BCUT2D eigenvalue weighted by Crippen LogP contribution is -2.31. The average molecular weight is 533 g/mol. The molecule has 0 atom stereocenters. The molecule has 38 heavy (non-hydrogen) atoms. The monoisotopic (exact) mass is 532 g/mol. The third kappa shape index (κ3) is 5.52. The summed E-state index contributed by atoms with van der Waals surface area (Å²) in [6, 6.07) is 17.6. The Kier molecular flexibility index (Phi) is 7.64. The number of hydrogen-bond acceptors (Lipinski definition) is 6. The first-order chi connectivity index (χ1) is 18.5. The first-order valence-electron chi connectivity index (χ1n) is 13.0. The summed E-state index contributed by atoms with van der Waals surface area (Å²) in [7, 11) is -3.96. The van der Waals surface area contributed by atoms with Gasteiger partial charge in [-0.1, -0.05) is 31.5 Å². The smallest absolute Gasteiger partial charge is 0.264 e. The van der Waals surface area contributed by atoms with Crippen LogP contribution in [0.5, 0.6) is 0 Å². The zero-order chi connectivity index (χ0) is 26.5. The minimum atomic E-state index is -3.96. The van der Waals surface area contributed by atoms with Gasteiger partial charge in [0.2, 0.25) is 0 Å². The highest BCUT2D eigenvalue weighted by molar-refractivity contribution is 7.93. The molecule has 198 valence electrons. The fraction of sp³-hybridized carbons (Fsp3) is 0.310. The van der Waals surface area contributed by atoms with Gasteiger partial charge in [0.1, 0.15) is 10.7 Å². The second kappa shape index (κ2) is 11.3. The minimum Gasteiger partial charge on any atom is -0.467 e. The molecule has 3 heterocycles. The number of para-hydroxylation sites is 1. The summed E-state index contributed by atoms with van der Waals surface area (Å²) < 4.78 is 35.2. The summed E-state index contributed by atoms with van der Waals surface area (Å²) >= 11 is 0. The van der Waals surface area contributed by atoms with Crippen LogP contribution in [0, 0.1) is 0 Å². The third-order valence-electron chi connectivity index (χ3n) is 6.81. The topological polar surface area (TPSA) is 95.7 Å². The molecule has 1 N–H and O–H groups in total. The molecule has 0 radical (unpaired) electrons. The van der Waals surface area contributed by atoms with Crippen LogP contribution < -0.4 is 9.62 Å². The molecule has 0 saturated carbocycles. The quantitative estimate of drug-likeness (QED) is 0.283. The van der Waals surface area contributed by atoms with Crippen LogP contribution in [0.15, 0.2) is 82.4 Å². The number of aromatic nitrogens is 1. The SMILES string of the molecule is CCCCN(Cc1ccco1)c1ccc(NS(=O)(=O)c2cccc3cccnc23)cc1C(=O)N1CCCC1. The Balaban J connectivity index is 1.53. The van der Waals surface area contributed by atoms with Gasteiger partial charge in [0.25, 0.3) is 15.9 Å². The Morgan fingerprint density at radius 1 is 1.08 bits per heavy atom. The van der Waals surface area contributed by atoms with Crippen LogP contribution in [0.3, 0.4) is 0 Å². The van der Waals surface area contributed by atoms with E-state index in [1.807, 2.05) is 35.2 Å². The van der Waals surface area contributed by atoms with Gasteiger partial charge in [0, 0.05) is 36.9 Å². The van der Waals surface area contributed by atoms with E-state index in [0.717, 1.165) is 49.1 Å². The van der Waals surface area contributed by atoms with Crippen molar-refractivity contribution in [1.82, 2.24) is 9.88 Å². The van der Waals surface area contributed by atoms with E-state index < -0.39 is 10.0 Å². The summed E-state index contributed by atoms with van der Waals surface area (Å²) in [6.45, 7) is 4.78. The molecule has 1 amide bonds. The van der Waals surface area contributed by atoms with Crippen LogP contribution in [0.25, 0.3) is 10.9 Å². The van der Waals surface area contributed by atoms with Crippen molar-refractivity contribution in [1.29, 1.82) is 0 Å². The molecular weight excluding hydrogens is 500 g/mol. The lowest BCUT2D eigenvalue weighted by Gasteiger charge is -2.28. The number of nitrogens with one attached hydrogen (secondary N) is 1. The Morgan fingerprint density at radius 3 is 2.66 bits per heavy atom. The maximum absolute atomic E-state index is 13.7. The number of sulfonamides is 1. The van der Waals surface area contributed by atoms with Crippen molar-refractivity contribution in [2.24, 2.45) is 0 Å². The lowest BCUT2D eigenvalue weighted by molar-refractivity contribution is 0.0793. The highest BCUT2D eigenvalue weighted by Crippen LogP contribution is 2.31. The molecule has 8 nitrogen and oxygen atoms in total. The minimum absolute atomic E-state index is 0.0914. The molecule has 1 fully saturated rings. The predicted molar refractivity (Wildman–Crippen MR) is 149 cm³/mol. The second-order valence-electron chi connectivity index (χ2n) is 9.52. The van der Waals surface area contributed by atoms with Crippen molar-refractivity contribution in [2.75, 3.05) is 29.3 Å². The number of benzene rings is 2. The highest BCUT2D eigenvalue weighted by atomic mass is 32.2. The van der Waals surface area contributed by atoms with Crippen molar-refractivity contribution in [3.8, 4) is 0 Å². The van der Waals surface area contributed by atoms with Crippen LogP contribution in [-0.2, 0) is 16.6 Å². The number of likely N-dealkylation sites (tertiary alicyclic amines) is 1. The third-order valence-corrected chi connectivity index (χ3v) is 8.22. The maximum Gasteiger partial charge on any atom is 0.264 e. The number of anilines is 2. The Morgan fingerprint density at radius 2 is 1.89 bits per heavy atom. The van der Waals surface area contributed by atoms with E-state index in [9.17, 15) is 13.2 Å². The Hall–Kier alpha value is -3.85. The van der Waals surface area contributed by atoms with Crippen LogP contribution in [0.1, 0.15) is 48.7 Å². The first-order valence-corrected chi connectivity index (χ1v) is 14.5. The predicted octanol–water partition coefficient (Wildman–Crippen LogP) is 5.67. The summed E-state index contributed by atoms with van der Waals surface area (Å²) in [5.74, 6) is 0.709. The van der Waals surface area contributed by atoms with Gasteiger partial charge in [-0.15, -0.1) is 0 Å². The fourth-order valence-corrected chi connectivity index (χ4v) is 6.09. The van der Waals surface area contributed by atoms with Crippen molar-refractivity contribution < 1.29 is 17.6 Å². The number of rotatable bonds is 10. The van der Waals surface area contributed by atoms with Gasteiger partial charge < -0.3 is 14.2 Å². The lowest BCUT2D eigenvalue weighted by atomic mass is 10.1. The highest BCUT2D eigenvalue weighted by Gasteiger charge is 2.26. The van der Waals surface area contributed by atoms with Gasteiger partial charge in [-0.05, 0) is 61.7 Å². The average Bonchev–Trinajstić information content (AvgIpc) is 3.65. The number of unbranched alkanes of at least 4 members (excludes halogenated alkanes) is 1. The van der Waals surface area contributed by atoms with E-state index in [1.54, 1.807) is 36.7 Å². The van der Waals surface area contributed by atoms with Crippen molar-refractivity contribution in [2.45, 2.75) is 44.0 Å². The van der Waals surface area contributed by atoms with E-state index in [4.69, 9.17) is 4.42 Å². The molecule has 5 rings (SSSR count). The van der Waals surface area contributed by atoms with Crippen LogP contribution in [-0.4, -0.2) is 43.8 Å². The molecule has 0 unspecified atom stereocenters. The molecular formula is C29H32N4O4S. The molecule has 1 aliphatic heterocycles. The normalized spacial score (nSPS) is 13.7. The summed E-state index contributed by atoms with van der Waals surface area (Å²) in [4.78, 5) is 22.1. The largest absolute Gasteiger partial charge is 0.467 e. The van der Waals surface area contributed by atoms with E-state index in [-0.39, 0.29) is 10.8 Å². The maximum atomic E-state index is 13.7. The van der Waals surface area contributed by atoms with E-state index in [0.29, 0.717) is 36.4 Å². The molecule has 2 aromatic carbocycles. The molecule has 0 spiro atoms. The number of amides is 1. The van der Waals surface area contributed by atoms with Gasteiger partial charge in [0.05, 0.1) is 29.6 Å². The molecule has 0 bridgehead atoms. The summed E-state index contributed by atoms with van der Waals surface area (Å²) in [6.07, 6.45) is 7.10. The van der Waals surface area contributed by atoms with Gasteiger partial charge in [-0.2, -0.15) is 0 Å². The van der Waals surface area contributed by atoms with Crippen molar-refractivity contribution >= 4 is 38.2 Å². The fourth-order valence-electron chi connectivity index (χ4n) is 4.86. The van der Waals surface area contributed by atoms with E-state index in [2.05, 4.69) is 21.5 Å². The molecule has 4 aromatic rings. The van der Waals surface area contributed by atoms with Crippen LogP contribution in [0.4, 0.5) is 11.4 Å². The van der Waals surface area contributed by atoms with E-state index in [1.165, 1.54) is 6.07 Å². The molecule has 1 saturated heterocycles. The zero-order valence-electron chi connectivity index (χ0n) is 21.5. The Bertz CT molecular complexity index is 1510. The van der Waals surface area contributed by atoms with Gasteiger partial charge in [0.15, 0.2) is 0 Å². The summed E-state index contributed by atoms with van der Waals surface area (Å²) in [5.41, 5.74) is 1.97. The molecule has 1 aliphatic rings. The van der Waals surface area contributed by atoms with Crippen LogP contribution >= 0.6 is 0 Å². The van der Waals surface area contributed by atoms with Gasteiger partial charge in [-0.3, -0.25) is 14.5 Å². The number of fused-ring (bicyclic) bond motifs is 1. The number of pyridine rings is 1. The van der Waals surface area contributed by atoms with Crippen LogP contribution in [0.2, 0.25) is 0 Å². The number of carbonyl (C=O) groups excluding carboxylic acids is 1.